The van der Waals surface area contributed by atoms with Gasteiger partial charge >= 0.3 is 5.97 Å². The molecule has 8 nitrogen and oxygen atoms in total. The van der Waals surface area contributed by atoms with E-state index in [1.165, 1.54) is 12.5 Å². The Morgan fingerprint density at radius 3 is 2.67 bits per heavy atom. The second-order valence-corrected chi connectivity index (χ2v) is 6.53. The third-order valence-electron chi connectivity index (χ3n) is 2.36. The molecule has 0 aliphatic carbocycles. The van der Waals surface area contributed by atoms with Crippen LogP contribution < -0.4 is 9.46 Å². The Kier molecular flexibility index (Phi) is 4.09. The number of carboxylic acids is 1. The van der Waals surface area contributed by atoms with Crippen molar-refractivity contribution in [1.82, 2.24) is 9.97 Å². The van der Waals surface area contributed by atoms with E-state index in [1.807, 2.05) is 0 Å². The summed E-state index contributed by atoms with van der Waals surface area (Å²) < 4.78 is 31.4. The summed E-state index contributed by atoms with van der Waals surface area (Å²) in [6.07, 6.45) is 0. The molecule has 0 atom stereocenters. The molecule has 112 valence electrons. The first-order chi connectivity index (χ1) is 9.81. The fourth-order valence-corrected chi connectivity index (χ4v) is 3.50. The summed E-state index contributed by atoms with van der Waals surface area (Å²) in [5.74, 6) is -1.11. The maximum absolute atomic E-state index is 12.1. The average molecular weight is 329 g/mol. The molecule has 2 N–H and O–H groups in total. The van der Waals surface area contributed by atoms with Gasteiger partial charge in [-0.2, -0.15) is 4.98 Å². The fourth-order valence-electron chi connectivity index (χ4n) is 1.44. The molecule has 0 unspecified atom stereocenters. The normalized spacial score (nSPS) is 11.1. The molecule has 2 rings (SSSR count). The number of sulfonamides is 1. The van der Waals surface area contributed by atoms with Crippen LogP contribution in [0.3, 0.4) is 0 Å². The topological polar surface area (TPSA) is 118 Å². The van der Waals surface area contributed by atoms with Gasteiger partial charge in [0.25, 0.3) is 10.0 Å². The zero-order chi connectivity index (χ0) is 15.6. The number of aryl methyl sites for hydroxylation is 1. The molecule has 2 aromatic rings. The van der Waals surface area contributed by atoms with Crippen molar-refractivity contribution < 1.29 is 23.1 Å². The van der Waals surface area contributed by atoms with Crippen LogP contribution in [0.15, 0.2) is 22.4 Å². The molecular weight excluding hydrogens is 318 g/mol. The Balaban J connectivity index is 2.32. The van der Waals surface area contributed by atoms with Crippen LogP contribution in [0.4, 0.5) is 5.95 Å². The van der Waals surface area contributed by atoms with E-state index in [4.69, 9.17) is 9.84 Å². The van der Waals surface area contributed by atoms with Gasteiger partial charge in [0, 0.05) is 17.1 Å². The third-order valence-corrected chi connectivity index (χ3v) is 4.74. The quantitative estimate of drug-likeness (QED) is 0.850. The molecule has 0 amide bonds. The molecule has 21 heavy (non-hydrogen) atoms. The van der Waals surface area contributed by atoms with E-state index in [1.54, 1.807) is 13.0 Å². The Morgan fingerprint density at radius 2 is 2.10 bits per heavy atom. The summed E-state index contributed by atoms with van der Waals surface area (Å²) in [5, 5.41) is 10.0. The highest BCUT2D eigenvalue weighted by Crippen LogP contribution is 2.21. The van der Waals surface area contributed by atoms with Crippen LogP contribution in [-0.4, -0.2) is 36.6 Å². The fraction of sp³-hybridized carbons (Fsp3) is 0.182. The van der Waals surface area contributed by atoms with Crippen LogP contribution in [0.5, 0.6) is 5.88 Å². The van der Waals surface area contributed by atoms with Gasteiger partial charge in [-0.05, 0) is 13.0 Å². The Labute approximate surface area is 124 Å². The van der Waals surface area contributed by atoms with Gasteiger partial charge in [0.2, 0.25) is 11.8 Å². The van der Waals surface area contributed by atoms with Crippen LogP contribution >= 0.6 is 11.3 Å². The molecule has 0 fully saturated rings. The Morgan fingerprint density at radius 1 is 1.38 bits per heavy atom. The van der Waals surface area contributed by atoms with Crippen molar-refractivity contribution in [3.63, 3.8) is 0 Å². The van der Waals surface area contributed by atoms with Crippen LogP contribution in [0.1, 0.15) is 15.4 Å². The SMILES string of the molecule is COc1cc(C)nc(NS(=O)(=O)c2csc(C(=O)O)c2)n1. The molecule has 0 spiro atoms. The number of methoxy groups -OCH3 is 1. The number of carbonyl (C=O) groups is 1. The van der Waals surface area contributed by atoms with Crippen LogP contribution in [0.2, 0.25) is 0 Å². The molecule has 2 heterocycles. The van der Waals surface area contributed by atoms with Gasteiger partial charge in [0.15, 0.2) is 0 Å². The molecule has 0 bridgehead atoms. The molecule has 0 saturated carbocycles. The smallest absolute Gasteiger partial charge is 0.345 e. The van der Waals surface area contributed by atoms with E-state index < -0.39 is 16.0 Å². The summed E-state index contributed by atoms with van der Waals surface area (Å²) >= 11 is 0.822. The van der Waals surface area contributed by atoms with E-state index in [0.717, 1.165) is 17.4 Å². The van der Waals surface area contributed by atoms with Gasteiger partial charge in [-0.15, -0.1) is 11.3 Å². The molecule has 0 aliphatic heterocycles. The van der Waals surface area contributed by atoms with E-state index in [9.17, 15) is 13.2 Å². The van der Waals surface area contributed by atoms with Gasteiger partial charge in [-0.1, -0.05) is 0 Å². The van der Waals surface area contributed by atoms with Gasteiger partial charge in [0.1, 0.15) is 4.88 Å². The highest BCUT2D eigenvalue weighted by molar-refractivity contribution is 7.92. The van der Waals surface area contributed by atoms with Crippen molar-refractivity contribution in [2.75, 3.05) is 11.8 Å². The minimum absolute atomic E-state index is 0.0712. The lowest BCUT2D eigenvalue weighted by molar-refractivity contribution is 0.0702. The predicted molar refractivity (Wildman–Crippen MR) is 75.4 cm³/mol. The zero-order valence-corrected chi connectivity index (χ0v) is 12.7. The van der Waals surface area contributed by atoms with Crippen LogP contribution in [0, 0.1) is 6.92 Å². The third kappa shape index (κ3) is 3.47. The van der Waals surface area contributed by atoms with Crippen molar-refractivity contribution >= 4 is 33.3 Å². The van der Waals surface area contributed by atoms with Gasteiger partial charge in [-0.25, -0.2) is 22.9 Å². The first-order valence-electron chi connectivity index (χ1n) is 5.56. The number of carboxylic acid groups (broad SMARTS) is 1. The van der Waals surface area contributed by atoms with Crippen molar-refractivity contribution in [3.8, 4) is 5.88 Å². The van der Waals surface area contributed by atoms with Gasteiger partial charge in [-0.3, -0.25) is 0 Å². The minimum atomic E-state index is -3.95. The summed E-state index contributed by atoms with van der Waals surface area (Å²) in [7, 11) is -2.55. The number of rotatable bonds is 5. The van der Waals surface area contributed by atoms with E-state index in [2.05, 4.69) is 14.7 Å². The first kappa shape index (κ1) is 15.2. The molecule has 0 aromatic carbocycles. The van der Waals surface area contributed by atoms with Crippen molar-refractivity contribution in [3.05, 3.63) is 28.1 Å². The molecule has 10 heteroatoms. The molecule has 0 saturated heterocycles. The number of anilines is 1. The number of hydrogen-bond donors (Lipinski definition) is 2. The highest BCUT2D eigenvalue weighted by Gasteiger charge is 2.20. The summed E-state index contributed by atoms with van der Waals surface area (Å²) in [6, 6.07) is 2.62. The van der Waals surface area contributed by atoms with Crippen molar-refractivity contribution in [2.24, 2.45) is 0 Å². The minimum Gasteiger partial charge on any atom is -0.481 e. The molecule has 0 aliphatic rings. The number of hydrogen-bond acceptors (Lipinski definition) is 7. The van der Waals surface area contributed by atoms with Crippen molar-refractivity contribution in [2.45, 2.75) is 11.8 Å². The maximum atomic E-state index is 12.1. The molecule has 2 aromatic heterocycles. The van der Waals surface area contributed by atoms with Gasteiger partial charge in [0.05, 0.1) is 12.0 Å². The average Bonchev–Trinajstić information content (AvgIpc) is 2.87. The number of aromatic nitrogens is 2. The number of thiophene rings is 1. The molecule has 0 radical (unpaired) electrons. The Hall–Kier alpha value is -2.20. The number of nitrogens with one attached hydrogen (secondary N) is 1. The lowest BCUT2D eigenvalue weighted by atomic mass is 10.4. The lowest BCUT2D eigenvalue weighted by Crippen LogP contribution is -2.15. The number of aromatic carboxylic acids is 1. The van der Waals surface area contributed by atoms with E-state index >= 15 is 0 Å². The zero-order valence-electron chi connectivity index (χ0n) is 11.0. The summed E-state index contributed by atoms with van der Waals surface area (Å²) in [6.45, 7) is 1.66. The maximum Gasteiger partial charge on any atom is 0.345 e. The predicted octanol–water partition coefficient (Wildman–Crippen LogP) is 1.35. The monoisotopic (exact) mass is 329 g/mol. The first-order valence-corrected chi connectivity index (χ1v) is 7.92. The Bertz CT molecular complexity index is 785. The van der Waals surface area contributed by atoms with Gasteiger partial charge < -0.3 is 9.84 Å². The second kappa shape index (κ2) is 5.66. The largest absolute Gasteiger partial charge is 0.481 e. The molecular formula is C11H11N3O5S2. The van der Waals surface area contributed by atoms with Crippen LogP contribution in [-0.2, 0) is 10.0 Å². The highest BCUT2D eigenvalue weighted by atomic mass is 32.2. The standard InChI is InChI=1S/C11H11N3O5S2/c1-6-3-9(19-2)13-11(12-6)14-21(17,18)7-4-8(10(15)16)20-5-7/h3-5H,1-2H3,(H,15,16)(H,12,13,14). The number of nitrogens with zero attached hydrogens (tertiary/aromatic N) is 2. The van der Waals surface area contributed by atoms with Crippen molar-refractivity contribution in [1.29, 1.82) is 0 Å². The van der Waals surface area contributed by atoms with E-state index in [0.29, 0.717) is 5.69 Å². The van der Waals surface area contributed by atoms with E-state index in [-0.39, 0.29) is 21.6 Å². The summed E-state index contributed by atoms with van der Waals surface area (Å²) in [4.78, 5) is 18.4. The lowest BCUT2D eigenvalue weighted by Gasteiger charge is -2.07. The van der Waals surface area contributed by atoms with Crippen LogP contribution in [0.25, 0.3) is 0 Å². The summed E-state index contributed by atoms with van der Waals surface area (Å²) in [5.41, 5.74) is 0.524. The second-order valence-electron chi connectivity index (χ2n) is 3.93. The number of ether oxygens (including phenoxy) is 1.